The lowest BCUT2D eigenvalue weighted by atomic mass is 10.2. The van der Waals surface area contributed by atoms with Crippen LogP contribution in [0.1, 0.15) is 36.0 Å². The van der Waals surface area contributed by atoms with E-state index in [9.17, 15) is 4.79 Å². The molecular weight excluding hydrogens is 314 g/mol. The van der Waals surface area contributed by atoms with Gasteiger partial charge in [-0.1, -0.05) is 12.0 Å². The van der Waals surface area contributed by atoms with Crippen LogP contribution in [-0.2, 0) is 0 Å². The molecule has 130 valence electrons. The number of benzene rings is 1. The third kappa shape index (κ3) is 4.43. The van der Waals surface area contributed by atoms with E-state index >= 15 is 0 Å². The number of likely N-dealkylation sites (tertiary alicyclic amines) is 1. The smallest absolute Gasteiger partial charge is 0.319 e. The van der Waals surface area contributed by atoms with Crippen LogP contribution in [0.5, 0.6) is 0 Å². The largest absolute Gasteiger partial charge is 0.465 e. The maximum Gasteiger partial charge on any atom is 0.319 e. The van der Waals surface area contributed by atoms with Crippen LogP contribution in [0.4, 0.5) is 10.5 Å². The topological polar surface area (TPSA) is 57.5 Å². The van der Waals surface area contributed by atoms with Crippen molar-refractivity contribution in [3.63, 3.8) is 0 Å². The number of anilines is 1. The Morgan fingerprint density at radius 2 is 2.12 bits per heavy atom. The summed E-state index contributed by atoms with van der Waals surface area (Å²) in [4.78, 5) is 14.6. The van der Waals surface area contributed by atoms with Gasteiger partial charge in [-0.25, -0.2) is 4.79 Å². The third-order valence-corrected chi connectivity index (χ3v) is 4.41. The Morgan fingerprint density at radius 3 is 2.80 bits per heavy atom. The van der Waals surface area contributed by atoms with E-state index in [0.717, 1.165) is 30.2 Å². The molecule has 5 nitrogen and oxygen atoms in total. The molecule has 0 aliphatic carbocycles. The first-order valence-electron chi connectivity index (χ1n) is 8.57. The van der Waals surface area contributed by atoms with Crippen molar-refractivity contribution in [1.29, 1.82) is 0 Å². The number of carbonyl (C=O) groups is 1. The zero-order chi connectivity index (χ0) is 17.6. The highest BCUT2D eigenvalue weighted by atomic mass is 16.3. The van der Waals surface area contributed by atoms with E-state index in [1.54, 1.807) is 6.07 Å². The summed E-state index contributed by atoms with van der Waals surface area (Å²) in [6.45, 7) is 4.48. The molecule has 1 aromatic carbocycles. The van der Waals surface area contributed by atoms with E-state index in [-0.39, 0.29) is 12.1 Å². The SMILES string of the molecule is C#Cc1cccc(NC(=O)NC[C@@H](c2ccc(C)o2)N2CCCC2)c1. The minimum absolute atomic E-state index is 0.0546. The summed E-state index contributed by atoms with van der Waals surface area (Å²) in [6.07, 6.45) is 7.75. The number of amides is 2. The van der Waals surface area contributed by atoms with Crippen LogP contribution in [0.3, 0.4) is 0 Å². The molecule has 1 aliphatic heterocycles. The third-order valence-electron chi connectivity index (χ3n) is 4.41. The summed E-state index contributed by atoms with van der Waals surface area (Å²) < 4.78 is 5.80. The fraction of sp³-hybridized carbons (Fsp3) is 0.350. The Bertz CT molecular complexity index is 769. The highest BCUT2D eigenvalue weighted by Crippen LogP contribution is 2.26. The fourth-order valence-corrected chi connectivity index (χ4v) is 3.15. The van der Waals surface area contributed by atoms with E-state index < -0.39 is 0 Å². The maximum absolute atomic E-state index is 12.2. The van der Waals surface area contributed by atoms with E-state index in [1.165, 1.54) is 12.8 Å². The summed E-state index contributed by atoms with van der Waals surface area (Å²) in [5.74, 6) is 4.34. The number of urea groups is 1. The number of hydrogen-bond acceptors (Lipinski definition) is 3. The minimum Gasteiger partial charge on any atom is -0.465 e. The summed E-state index contributed by atoms with van der Waals surface area (Å²) in [5.41, 5.74) is 1.42. The van der Waals surface area contributed by atoms with Gasteiger partial charge in [0.05, 0.1) is 6.04 Å². The van der Waals surface area contributed by atoms with Gasteiger partial charge in [-0.15, -0.1) is 6.42 Å². The number of furan rings is 1. The molecule has 0 bridgehead atoms. The molecule has 2 amide bonds. The number of nitrogens with zero attached hydrogens (tertiary/aromatic N) is 1. The first-order valence-corrected chi connectivity index (χ1v) is 8.57. The quantitative estimate of drug-likeness (QED) is 0.821. The molecule has 25 heavy (non-hydrogen) atoms. The number of aryl methyl sites for hydroxylation is 1. The van der Waals surface area contributed by atoms with Crippen molar-refractivity contribution >= 4 is 11.7 Å². The zero-order valence-corrected chi connectivity index (χ0v) is 14.4. The molecule has 0 spiro atoms. The van der Waals surface area contributed by atoms with Gasteiger partial charge >= 0.3 is 6.03 Å². The molecule has 2 aromatic rings. The Balaban J connectivity index is 1.62. The molecule has 1 fully saturated rings. The summed E-state index contributed by atoms with van der Waals surface area (Å²) in [7, 11) is 0. The van der Waals surface area contributed by atoms with Gasteiger partial charge in [0.1, 0.15) is 11.5 Å². The van der Waals surface area contributed by atoms with Crippen molar-refractivity contribution in [3.05, 3.63) is 53.5 Å². The highest BCUT2D eigenvalue weighted by Gasteiger charge is 2.26. The van der Waals surface area contributed by atoms with Crippen molar-refractivity contribution in [2.24, 2.45) is 0 Å². The Kier molecular flexibility index (Phi) is 5.42. The van der Waals surface area contributed by atoms with Gasteiger partial charge in [-0.2, -0.15) is 0 Å². The molecule has 0 unspecified atom stereocenters. The van der Waals surface area contributed by atoms with Gasteiger partial charge in [-0.05, 0) is 63.2 Å². The molecular formula is C20H23N3O2. The average molecular weight is 337 g/mol. The number of nitrogens with one attached hydrogen (secondary N) is 2. The van der Waals surface area contributed by atoms with E-state index in [4.69, 9.17) is 10.8 Å². The predicted octanol–water partition coefficient (Wildman–Crippen LogP) is 3.53. The molecule has 5 heteroatoms. The molecule has 0 saturated carbocycles. The summed E-state index contributed by atoms with van der Waals surface area (Å²) in [5, 5.41) is 5.77. The second-order valence-corrected chi connectivity index (χ2v) is 6.27. The number of hydrogen-bond donors (Lipinski definition) is 2. The summed E-state index contributed by atoms with van der Waals surface area (Å²) >= 11 is 0. The lowest BCUT2D eigenvalue weighted by Gasteiger charge is -2.26. The van der Waals surface area contributed by atoms with Crippen LogP contribution in [0.25, 0.3) is 0 Å². The molecule has 1 aromatic heterocycles. The second kappa shape index (κ2) is 7.91. The molecule has 1 aliphatic rings. The van der Waals surface area contributed by atoms with E-state index in [0.29, 0.717) is 12.2 Å². The molecule has 3 rings (SSSR count). The van der Waals surface area contributed by atoms with Crippen molar-refractivity contribution in [1.82, 2.24) is 10.2 Å². The van der Waals surface area contributed by atoms with Crippen LogP contribution >= 0.6 is 0 Å². The molecule has 2 heterocycles. The van der Waals surface area contributed by atoms with Crippen molar-refractivity contribution < 1.29 is 9.21 Å². The maximum atomic E-state index is 12.2. The van der Waals surface area contributed by atoms with Crippen LogP contribution in [0.15, 0.2) is 40.8 Å². The first-order chi connectivity index (χ1) is 12.2. The fourth-order valence-electron chi connectivity index (χ4n) is 3.15. The lowest BCUT2D eigenvalue weighted by molar-refractivity contribution is 0.205. The van der Waals surface area contributed by atoms with Gasteiger partial charge in [0.2, 0.25) is 0 Å². The first kappa shape index (κ1) is 17.1. The van der Waals surface area contributed by atoms with Crippen LogP contribution in [0.2, 0.25) is 0 Å². The van der Waals surface area contributed by atoms with E-state index in [2.05, 4.69) is 21.5 Å². The minimum atomic E-state index is -0.248. The standard InChI is InChI=1S/C20H23N3O2/c1-3-16-7-6-8-17(13-16)22-20(24)21-14-18(23-11-4-5-12-23)19-10-9-15(2)25-19/h1,6-10,13,18H,4-5,11-12,14H2,2H3,(H2,21,22,24)/t18-/m0/s1. The zero-order valence-electron chi connectivity index (χ0n) is 14.4. The normalized spacial score (nSPS) is 15.5. The Hall–Kier alpha value is -2.71. The Morgan fingerprint density at radius 1 is 1.32 bits per heavy atom. The number of carbonyl (C=O) groups excluding carboxylic acids is 1. The Labute approximate surface area is 148 Å². The van der Waals surface area contributed by atoms with Crippen molar-refractivity contribution in [2.45, 2.75) is 25.8 Å². The number of terminal acetylenes is 1. The summed E-state index contributed by atoms with van der Waals surface area (Å²) in [6, 6.07) is 11.0. The van der Waals surface area contributed by atoms with Crippen LogP contribution in [-0.4, -0.2) is 30.6 Å². The van der Waals surface area contributed by atoms with Gasteiger partial charge in [0.15, 0.2) is 0 Å². The number of rotatable bonds is 5. The highest BCUT2D eigenvalue weighted by molar-refractivity contribution is 5.89. The van der Waals surface area contributed by atoms with E-state index in [1.807, 2.05) is 37.3 Å². The van der Waals surface area contributed by atoms with Crippen LogP contribution in [0, 0.1) is 19.3 Å². The predicted molar refractivity (Wildman–Crippen MR) is 98.4 cm³/mol. The van der Waals surface area contributed by atoms with Crippen molar-refractivity contribution in [3.8, 4) is 12.3 Å². The molecule has 1 atom stereocenters. The van der Waals surface area contributed by atoms with Gasteiger partial charge < -0.3 is 15.1 Å². The second-order valence-electron chi connectivity index (χ2n) is 6.27. The molecule has 1 saturated heterocycles. The lowest BCUT2D eigenvalue weighted by Crippen LogP contribution is -2.38. The van der Waals surface area contributed by atoms with Crippen molar-refractivity contribution in [2.75, 3.05) is 25.0 Å². The monoisotopic (exact) mass is 337 g/mol. The van der Waals surface area contributed by atoms with Crippen LogP contribution < -0.4 is 10.6 Å². The average Bonchev–Trinajstić information content (AvgIpc) is 3.28. The van der Waals surface area contributed by atoms with Gasteiger partial charge in [-0.3, -0.25) is 4.90 Å². The van der Waals surface area contributed by atoms with Gasteiger partial charge in [0.25, 0.3) is 0 Å². The molecule has 2 N–H and O–H groups in total. The molecule has 0 radical (unpaired) electrons. The van der Waals surface area contributed by atoms with Gasteiger partial charge in [0, 0.05) is 17.8 Å².